The van der Waals surface area contributed by atoms with Gasteiger partial charge < -0.3 is 5.73 Å². The molecular formula is C12H14N4O2S. The number of anilines is 1. The lowest BCUT2D eigenvalue weighted by Crippen LogP contribution is -2.33. The molecule has 0 spiro atoms. The van der Waals surface area contributed by atoms with Gasteiger partial charge in [-0.25, -0.2) is 0 Å². The fraction of sp³-hybridized carbons (Fsp3) is 0.250. The first-order chi connectivity index (χ1) is 8.97. The predicted octanol–water partition coefficient (Wildman–Crippen LogP) is 0.904. The van der Waals surface area contributed by atoms with Gasteiger partial charge in [-0.1, -0.05) is 23.9 Å². The van der Waals surface area contributed by atoms with Crippen molar-refractivity contribution < 1.29 is 0 Å². The largest absolute Gasteiger partial charge is 0.399 e. The lowest BCUT2D eigenvalue weighted by molar-refractivity contribution is 0.595. The number of hydrogen-bond acceptors (Lipinski definition) is 5. The summed E-state index contributed by atoms with van der Waals surface area (Å²) in [7, 11) is 1.64. The highest BCUT2D eigenvalue weighted by Gasteiger charge is 2.11. The van der Waals surface area contributed by atoms with Gasteiger partial charge in [-0.3, -0.25) is 19.4 Å². The summed E-state index contributed by atoms with van der Waals surface area (Å²) < 4.78 is 1.45. The molecule has 7 heteroatoms. The summed E-state index contributed by atoms with van der Waals surface area (Å²) in [4.78, 5) is 26.1. The van der Waals surface area contributed by atoms with Crippen molar-refractivity contribution in [3.63, 3.8) is 0 Å². The average molecular weight is 278 g/mol. The Balaban J connectivity index is 2.26. The van der Waals surface area contributed by atoms with Crippen molar-refractivity contribution in [2.45, 2.75) is 17.3 Å². The summed E-state index contributed by atoms with van der Waals surface area (Å²) >= 11 is 1.39. The van der Waals surface area contributed by atoms with Crippen LogP contribution in [0, 0.1) is 0 Å². The van der Waals surface area contributed by atoms with E-state index < -0.39 is 11.1 Å². The molecule has 3 N–H and O–H groups in total. The van der Waals surface area contributed by atoms with E-state index in [0.717, 1.165) is 5.56 Å². The van der Waals surface area contributed by atoms with Crippen molar-refractivity contribution in [3.8, 4) is 0 Å². The average Bonchev–Trinajstić information content (AvgIpc) is 2.36. The SMILES string of the molecule is CC(Sc1nc(=O)c(=O)[nH]n1C)c1ccc(N)cc1. The third-order valence-corrected chi connectivity index (χ3v) is 3.84. The molecule has 0 aliphatic carbocycles. The molecule has 0 radical (unpaired) electrons. The van der Waals surface area contributed by atoms with E-state index in [2.05, 4.69) is 10.1 Å². The zero-order chi connectivity index (χ0) is 14.0. The molecule has 1 heterocycles. The number of benzene rings is 1. The number of nitrogens with one attached hydrogen (secondary N) is 1. The second-order valence-corrected chi connectivity index (χ2v) is 5.43. The first-order valence-corrected chi connectivity index (χ1v) is 6.55. The van der Waals surface area contributed by atoms with Crippen molar-refractivity contribution in [1.82, 2.24) is 14.8 Å². The van der Waals surface area contributed by atoms with Crippen LogP contribution in [-0.2, 0) is 7.05 Å². The minimum Gasteiger partial charge on any atom is -0.399 e. The van der Waals surface area contributed by atoms with Crippen LogP contribution in [0.3, 0.4) is 0 Å². The van der Waals surface area contributed by atoms with Gasteiger partial charge >= 0.3 is 11.1 Å². The summed E-state index contributed by atoms with van der Waals surface area (Å²) in [6.45, 7) is 1.99. The molecule has 2 aromatic rings. The third kappa shape index (κ3) is 3.05. The number of aromatic amines is 1. The molecule has 2 rings (SSSR count). The number of thioether (sulfide) groups is 1. The Bertz CT molecular complexity index is 690. The van der Waals surface area contributed by atoms with Gasteiger partial charge in [-0.2, -0.15) is 4.98 Å². The molecule has 0 bridgehead atoms. The number of nitrogens with two attached hydrogens (primary N) is 1. The molecule has 1 aromatic heterocycles. The van der Waals surface area contributed by atoms with E-state index >= 15 is 0 Å². The van der Waals surface area contributed by atoms with Gasteiger partial charge in [-0.15, -0.1) is 0 Å². The van der Waals surface area contributed by atoms with Gasteiger partial charge in [0, 0.05) is 18.0 Å². The van der Waals surface area contributed by atoms with Crippen LogP contribution in [0.5, 0.6) is 0 Å². The molecule has 0 saturated carbocycles. The van der Waals surface area contributed by atoms with Crippen LogP contribution in [-0.4, -0.2) is 14.8 Å². The van der Waals surface area contributed by atoms with E-state index in [0.29, 0.717) is 10.8 Å². The maximum atomic E-state index is 11.3. The monoisotopic (exact) mass is 278 g/mol. The van der Waals surface area contributed by atoms with E-state index in [-0.39, 0.29) is 5.25 Å². The molecule has 0 fully saturated rings. The van der Waals surface area contributed by atoms with Crippen LogP contribution in [0.15, 0.2) is 39.0 Å². The van der Waals surface area contributed by atoms with Crippen LogP contribution >= 0.6 is 11.8 Å². The van der Waals surface area contributed by atoms with Crippen molar-refractivity contribution >= 4 is 17.4 Å². The minimum absolute atomic E-state index is 0.0876. The standard InChI is InChI=1S/C12H14N4O2S/c1-7(8-3-5-9(13)6-4-8)19-12-14-10(17)11(18)15-16(12)2/h3-7H,13H2,1-2H3,(H,15,18). The van der Waals surface area contributed by atoms with E-state index in [1.54, 1.807) is 7.05 Å². The summed E-state index contributed by atoms with van der Waals surface area (Å²) in [6.07, 6.45) is 0. The number of nitrogens with zero attached hydrogens (tertiary/aromatic N) is 2. The molecule has 0 aliphatic heterocycles. The fourth-order valence-corrected chi connectivity index (χ4v) is 2.51. The van der Waals surface area contributed by atoms with Gasteiger partial charge in [0.05, 0.1) is 0 Å². The molecule has 100 valence electrons. The van der Waals surface area contributed by atoms with Gasteiger partial charge in [0.1, 0.15) is 0 Å². The van der Waals surface area contributed by atoms with Gasteiger partial charge in [0.2, 0.25) is 0 Å². The van der Waals surface area contributed by atoms with Crippen molar-refractivity contribution in [2.75, 3.05) is 5.73 Å². The molecule has 1 aromatic carbocycles. The summed E-state index contributed by atoms with van der Waals surface area (Å²) in [5.74, 6) is 0. The Morgan fingerprint density at radius 3 is 2.58 bits per heavy atom. The van der Waals surface area contributed by atoms with E-state index in [9.17, 15) is 9.59 Å². The number of hydrogen-bond donors (Lipinski definition) is 2. The highest BCUT2D eigenvalue weighted by atomic mass is 32.2. The van der Waals surface area contributed by atoms with E-state index in [4.69, 9.17) is 5.73 Å². The first kappa shape index (κ1) is 13.4. The molecule has 0 amide bonds. The fourth-order valence-electron chi connectivity index (χ4n) is 1.56. The quantitative estimate of drug-likeness (QED) is 0.494. The van der Waals surface area contributed by atoms with E-state index in [1.807, 2.05) is 31.2 Å². The van der Waals surface area contributed by atoms with Gasteiger partial charge in [0.15, 0.2) is 5.16 Å². The molecule has 1 atom stereocenters. The minimum atomic E-state index is -0.773. The van der Waals surface area contributed by atoms with Crippen molar-refractivity contribution in [3.05, 3.63) is 50.5 Å². The maximum absolute atomic E-state index is 11.3. The number of rotatable bonds is 3. The van der Waals surface area contributed by atoms with Crippen molar-refractivity contribution in [2.24, 2.45) is 7.05 Å². The molecule has 1 unspecified atom stereocenters. The lowest BCUT2D eigenvalue weighted by Gasteiger charge is -2.12. The van der Waals surface area contributed by atoms with Crippen LogP contribution in [0.1, 0.15) is 17.7 Å². The Labute approximate surface area is 113 Å². The number of aromatic nitrogens is 3. The maximum Gasteiger partial charge on any atom is 0.339 e. The summed E-state index contributed by atoms with van der Waals surface area (Å²) in [5.41, 5.74) is 5.92. The Kier molecular flexibility index (Phi) is 3.75. The smallest absolute Gasteiger partial charge is 0.339 e. The molecular weight excluding hydrogens is 264 g/mol. The molecule has 0 aliphatic rings. The van der Waals surface area contributed by atoms with Gasteiger partial charge in [-0.05, 0) is 24.6 Å². The summed E-state index contributed by atoms with van der Waals surface area (Å²) in [5, 5.41) is 2.97. The number of H-pyrrole nitrogens is 1. The van der Waals surface area contributed by atoms with Crippen LogP contribution in [0.4, 0.5) is 5.69 Å². The normalized spacial score (nSPS) is 12.3. The Hall–Kier alpha value is -2.02. The Morgan fingerprint density at radius 2 is 1.95 bits per heavy atom. The van der Waals surface area contributed by atoms with Crippen molar-refractivity contribution in [1.29, 1.82) is 0 Å². The predicted molar refractivity (Wildman–Crippen MR) is 75.2 cm³/mol. The van der Waals surface area contributed by atoms with Crippen LogP contribution in [0.25, 0.3) is 0 Å². The lowest BCUT2D eigenvalue weighted by atomic mass is 10.1. The van der Waals surface area contributed by atoms with Gasteiger partial charge in [0.25, 0.3) is 0 Å². The van der Waals surface area contributed by atoms with E-state index in [1.165, 1.54) is 16.4 Å². The molecule has 0 saturated heterocycles. The molecule has 6 nitrogen and oxygen atoms in total. The highest BCUT2D eigenvalue weighted by molar-refractivity contribution is 7.99. The molecule has 19 heavy (non-hydrogen) atoms. The van der Waals surface area contributed by atoms with Crippen LogP contribution in [0.2, 0.25) is 0 Å². The topological polar surface area (TPSA) is 93.8 Å². The highest BCUT2D eigenvalue weighted by Crippen LogP contribution is 2.32. The Morgan fingerprint density at radius 1 is 1.32 bits per heavy atom. The second-order valence-electron chi connectivity index (χ2n) is 4.13. The zero-order valence-corrected chi connectivity index (χ0v) is 11.4. The zero-order valence-electron chi connectivity index (χ0n) is 10.6. The number of nitrogen functional groups attached to an aromatic ring is 1. The first-order valence-electron chi connectivity index (χ1n) is 5.67. The third-order valence-electron chi connectivity index (χ3n) is 2.64. The van der Waals surface area contributed by atoms with Crippen LogP contribution < -0.4 is 16.9 Å². The second kappa shape index (κ2) is 5.31. The number of aryl methyl sites for hydroxylation is 1. The summed E-state index contributed by atoms with van der Waals surface area (Å²) in [6, 6.07) is 7.50.